The highest BCUT2D eigenvalue weighted by molar-refractivity contribution is 8.13. The van der Waals surface area contributed by atoms with E-state index in [1.54, 1.807) is 0 Å². The Bertz CT molecular complexity index is 506. The molecule has 3 N–H and O–H groups in total. The number of aliphatic hydroxyl groups excluding tert-OH is 2. The van der Waals surface area contributed by atoms with Gasteiger partial charge in [-0.3, -0.25) is 4.79 Å². The zero-order valence-corrected chi connectivity index (χ0v) is 12.3. The highest BCUT2D eigenvalue weighted by Gasteiger charge is 2.20. The van der Waals surface area contributed by atoms with E-state index in [1.165, 1.54) is 25.1 Å². The van der Waals surface area contributed by atoms with Crippen molar-refractivity contribution in [1.29, 1.82) is 0 Å². The number of hydrogen-bond donors (Lipinski definition) is 3. The van der Waals surface area contributed by atoms with E-state index in [9.17, 15) is 19.8 Å². The first-order chi connectivity index (χ1) is 9.31. The Labute approximate surface area is 125 Å². The maximum Gasteiger partial charge on any atom is 0.335 e. The third-order valence-electron chi connectivity index (χ3n) is 2.59. The van der Waals surface area contributed by atoms with Gasteiger partial charge in [-0.1, -0.05) is 23.4 Å². The molecule has 0 fully saturated rings. The average Bonchev–Trinajstić information content (AvgIpc) is 2.36. The molecule has 0 saturated heterocycles. The molecular weight excluding hydrogens is 304 g/mol. The summed E-state index contributed by atoms with van der Waals surface area (Å²) in [5.74, 6) is -0.789. The number of aliphatic hydroxyl groups is 2. The van der Waals surface area contributed by atoms with Crippen LogP contribution in [0.3, 0.4) is 0 Å². The molecule has 1 aromatic carbocycles. The zero-order valence-electron chi connectivity index (χ0n) is 10.7. The lowest BCUT2D eigenvalue weighted by Gasteiger charge is -2.18. The van der Waals surface area contributed by atoms with Gasteiger partial charge in [-0.15, -0.1) is 0 Å². The van der Waals surface area contributed by atoms with Crippen molar-refractivity contribution in [2.24, 2.45) is 0 Å². The summed E-state index contributed by atoms with van der Waals surface area (Å²) < 4.78 is 0. The van der Waals surface area contributed by atoms with Crippen LogP contribution in [-0.4, -0.2) is 38.3 Å². The molecule has 0 aliphatic heterocycles. The van der Waals surface area contributed by atoms with Crippen molar-refractivity contribution >= 4 is 34.4 Å². The third-order valence-corrected chi connectivity index (χ3v) is 3.66. The van der Waals surface area contributed by atoms with Gasteiger partial charge < -0.3 is 15.3 Å². The lowest BCUT2D eigenvalue weighted by Crippen LogP contribution is -2.19. The molecule has 5 nitrogen and oxygen atoms in total. The Kier molecular flexibility index (Phi) is 6.48. The Hall–Kier alpha value is -1.08. The predicted octanol–water partition coefficient (Wildman–Crippen LogP) is 2.10. The van der Waals surface area contributed by atoms with Crippen molar-refractivity contribution < 1.29 is 24.9 Å². The van der Waals surface area contributed by atoms with Crippen molar-refractivity contribution in [2.45, 2.75) is 25.6 Å². The summed E-state index contributed by atoms with van der Waals surface area (Å²) >= 11 is 6.84. The smallest absolute Gasteiger partial charge is 0.335 e. The molecule has 0 amide bonds. The van der Waals surface area contributed by atoms with E-state index in [0.29, 0.717) is 5.75 Å². The van der Waals surface area contributed by atoms with E-state index in [4.69, 9.17) is 16.7 Å². The van der Waals surface area contributed by atoms with Crippen molar-refractivity contribution in [3.05, 3.63) is 34.3 Å². The van der Waals surface area contributed by atoms with Gasteiger partial charge in [-0.2, -0.15) is 0 Å². The van der Waals surface area contributed by atoms with Gasteiger partial charge in [0, 0.05) is 17.7 Å². The first-order valence-corrected chi connectivity index (χ1v) is 7.21. The summed E-state index contributed by atoms with van der Waals surface area (Å²) in [5.41, 5.74) is 0.173. The molecule has 0 aliphatic rings. The van der Waals surface area contributed by atoms with Gasteiger partial charge in [0.05, 0.1) is 11.7 Å². The van der Waals surface area contributed by atoms with Crippen molar-refractivity contribution in [3.63, 3.8) is 0 Å². The SMILES string of the molecule is CC(=O)SCCC(O)C(O)c1cc(Cl)cc(C(=O)O)c1. The number of hydrogen-bond acceptors (Lipinski definition) is 5. The summed E-state index contributed by atoms with van der Waals surface area (Å²) in [6.07, 6.45) is -2.14. The first-order valence-electron chi connectivity index (χ1n) is 5.84. The van der Waals surface area contributed by atoms with E-state index >= 15 is 0 Å². The standard InChI is InChI=1S/C13H15ClO5S/c1-7(15)20-3-2-11(16)12(17)8-4-9(13(18)19)6-10(14)5-8/h4-6,11-12,16-17H,2-3H2,1H3,(H,18,19). The maximum absolute atomic E-state index is 10.9. The van der Waals surface area contributed by atoms with Crippen LogP contribution >= 0.6 is 23.4 Å². The van der Waals surface area contributed by atoms with Gasteiger partial charge in [0.15, 0.2) is 5.12 Å². The van der Waals surface area contributed by atoms with E-state index in [0.717, 1.165) is 11.8 Å². The van der Waals surface area contributed by atoms with E-state index in [-0.39, 0.29) is 27.7 Å². The summed E-state index contributed by atoms with van der Waals surface area (Å²) in [7, 11) is 0. The van der Waals surface area contributed by atoms with Crippen LogP contribution < -0.4 is 0 Å². The van der Waals surface area contributed by atoms with Gasteiger partial charge in [0.2, 0.25) is 0 Å². The van der Waals surface area contributed by atoms with Crippen LogP contribution in [0.15, 0.2) is 18.2 Å². The number of halogens is 1. The molecular formula is C13H15ClO5S. The molecule has 7 heteroatoms. The molecule has 2 atom stereocenters. The summed E-state index contributed by atoms with van der Waals surface area (Å²) in [6.45, 7) is 1.42. The second kappa shape index (κ2) is 7.64. The second-order valence-electron chi connectivity index (χ2n) is 4.22. The van der Waals surface area contributed by atoms with Crippen molar-refractivity contribution in [2.75, 3.05) is 5.75 Å². The lowest BCUT2D eigenvalue weighted by molar-refractivity contribution is -0.109. The minimum Gasteiger partial charge on any atom is -0.478 e. The Morgan fingerprint density at radius 1 is 1.30 bits per heavy atom. The normalized spacial score (nSPS) is 13.8. The van der Waals surface area contributed by atoms with E-state index in [1.807, 2.05) is 0 Å². The Morgan fingerprint density at radius 3 is 2.50 bits per heavy atom. The fourth-order valence-electron chi connectivity index (χ4n) is 1.61. The van der Waals surface area contributed by atoms with Gasteiger partial charge in [-0.05, 0) is 30.2 Å². The largest absolute Gasteiger partial charge is 0.478 e. The number of carbonyl (C=O) groups is 2. The Balaban J connectivity index is 2.77. The molecule has 1 rings (SSSR count). The van der Waals surface area contributed by atoms with Crippen molar-refractivity contribution in [3.8, 4) is 0 Å². The van der Waals surface area contributed by atoms with E-state index < -0.39 is 18.2 Å². The fraction of sp³-hybridized carbons (Fsp3) is 0.385. The minimum absolute atomic E-state index is 0.0585. The molecule has 2 unspecified atom stereocenters. The molecule has 110 valence electrons. The summed E-state index contributed by atoms with van der Waals surface area (Å²) in [6, 6.07) is 3.93. The second-order valence-corrected chi connectivity index (χ2v) is 5.93. The van der Waals surface area contributed by atoms with Crippen LogP contribution in [0.25, 0.3) is 0 Å². The van der Waals surface area contributed by atoms with Crippen LogP contribution in [-0.2, 0) is 4.79 Å². The predicted molar refractivity (Wildman–Crippen MR) is 77.1 cm³/mol. The zero-order chi connectivity index (χ0) is 15.3. The van der Waals surface area contributed by atoms with Crippen molar-refractivity contribution in [1.82, 2.24) is 0 Å². The molecule has 0 saturated carbocycles. The lowest BCUT2D eigenvalue weighted by atomic mass is 10.0. The van der Waals surface area contributed by atoms with Gasteiger partial charge in [-0.25, -0.2) is 4.79 Å². The third kappa shape index (κ3) is 5.13. The van der Waals surface area contributed by atoms with Crippen LogP contribution in [0, 0.1) is 0 Å². The molecule has 0 bridgehead atoms. The monoisotopic (exact) mass is 318 g/mol. The molecule has 20 heavy (non-hydrogen) atoms. The quantitative estimate of drug-likeness (QED) is 0.743. The van der Waals surface area contributed by atoms with Gasteiger partial charge in [0.25, 0.3) is 0 Å². The Morgan fingerprint density at radius 2 is 1.95 bits per heavy atom. The number of carbonyl (C=O) groups excluding carboxylic acids is 1. The van der Waals surface area contributed by atoms with Crippen LogP contribution in [0.2, 0.25) is 5.02 Å². The molecule has 1 aromatic rings. The highest BCUT2D eigenvalue weighted by Crippen LogP contribution is 2.25. The molecule has 0 heterocycles. The number of thioether (sulfide) groups is 1. The molecule has 0 spiro atoms. The molecule has 0 radical (unpaired) electrons. The van der Waals surface area contributed by atoms with Crippen LogP contribution in [0.1, 0.15) is 35.4 Å². The number of carboxylic acids is 1. The summed E-state index contributed by atoms with van der Waals surface area (Å²) in [4.78, 5) is 21.7. The fourth-order valence-corrected chi connectivity index (χ4v) is 2.50. The van der Waals surface area contributed by atoms with Crippen LogP contribution in [0.4, 0.5) is 0 Å². The number of rotatable bonds is 6. The minimum atomic E-state index is -1.25. The number of benzene rings is 1. The topological polar surface area (TPSA) is 94.8 Å². The van der Waals surface area contributed by atoms with E-state index in [2.05, 4.69) is 0 Å². The van der Waals surface area contributed by atoms with Gasteiger partial charge in [0.1, 0.15) is 6.10 Å². The van der Waals surface area contributed by atoms with Crippen LogP contribution in [0.5, 0.6) is 0 Å². The summed E-state index contributed by atoms with van der Waals surface area (Å²) in [5, 5.41) is 28.8. The maximum atomic E-state index is 10.9. The molecule has 0 aliphatic carbocycles. The average molecular weight is 319 g/mol. The number of carboxylic acid groups (broad SMARTS) is 1. The number of aromatic carboxylic acids is 1. The highest BCUT2D eigenvalue weighted by atomic mass is 35.5. The van der Waals surface area contributed by atoms with Gasteiger partial charge >= 0.3 is 5.97 Å². The first kappa shape index (κ1) is 17.0. The molecule has 0 aromatic heterocycles.